The molecule has 0 bridgehead atoms. The van der Waals surface area contributed by atoms with E-state index < -0.39 is 12.0 Å². The molecule has 2 aromatic heterocycles. The second-order valence-corrected chi connectivity index (χ2v) is 8.07. The minimum atomic E-state index is -1.03. The Bertz CT molecular complexity index is 902. The van der Waals surface area contributed by atoms with Crippen LogP contribution in [0.1, 0.15) is 55.9 Å². The molecule has 1 aliphatic carbocycles. The first-order chi connectivity index (χ1) is 13.0. The fourth-order valence-electron chi connectivity index (χ4n) is 3.49. The molecule has 0 spiro atoms. The van der Waals surface area contributed by atoms with Gasteiger partial charge in [-0.2, -0.15) is 0 Å². The number of thiophene rings is 1. The van der Waals surface area contributed by atoms with Gasteiger partial charge in [0.15, 0.2) is 0 Å². The van der Waals surface area contributed by atoms with Crippen molar-refractivity contribution in [2.75, 3.05) is 0 Å². The van der Waals surface area contributed by atoms with Gasteiger partial charge in [-0.05, 0) is 37.7 Å². The summed E-state index contributed by atoms with van der Waals surface area (Å²) in [7, 11) is 0. The molecule has 2 heterocycles. The zero-order chi connectivity index (χ0) is 19.4. The number of unbranched alkanes of at least 4 members (excludes halogenated alkanes) is 1. The first-order valence-electron chi connectivity index (χ1n) is 9.53. The van der Waals surface area contributed by atoms with Gasteiger partial charge in [0.1, 0.15) is 10.9 Å². The van der Waals surface area contributed by atoms with E-state index in [2.05, 4.69) is 10.3 Å². The third-order valence-electron chi connectivity index (χ3n) is 5.00. The van der Waals surface area contributed by atoms with Crippen LogP contribution in [0, 0.1) is 0 Å². The summed E-state index contributed by atoms with van der Waals surface area (Å²) in [5.41, 5.74) is 1.02. The van der Waals surface area contributed by atoms with Crippen molar-refractivity contribution in [1.82, 2.24) is 14.9 Å². The molecule has 2 aromatic rings. The monoisotopic (exact) mass is 391 g/mol. The largest absolute Gasteiger partial charge is 0.480 e. The summed E-state index contributed by atoms with van der Waals surface area (Å²) in [5.74, 6) is -1.39. The van der Waals surface area contributed by atoms with Crippen LogP contribution in [0.2, 0.25) is 0 Å². The van der Waals surface area contributed by atoms with Gasteiger partial charge in [-0.25, -0.2) is 9.78 Å². The van der Waals surface area contributed by atoms with E-state index in [1.165, 1.54) is 15.8 Å². The molecule has 1 atom stereocenters. The Labute approximate surface area is 161 Å². The first kappa shape index (κ1) is 19.5. The van der Waals surface area contributed by atoms with Gasteiger partial charge in [-0.1, -0.05) is 19.8 Å². The SMILES string of the molecule is CCCCC(NC(=O)CCn1cnc2sc3c(c2c1=O)CCCC3)C(=O)O. The number of rotatable bonds is 8. The van der Waals surface area contributed by atoms with Crippen LogP contribution in [-0.4, -0.2) is 32.6 Å². The molecular formula is C19H25N3O4S. The first-order valence-corrected chi connectivity index (χ1v) is 10.3. The number of carboxylic acid groups (broad SMARTS) is 1. The summed E-state index contributed by atoms with van der Waals surface area (Å²) in [6, 6.07) is -0.876. The highest BCUT2D eigenvalue weighted by Crippen LogP contribution is 2.33. The molecule has 27 heavy (non-hydrogen) atoms. The maximum atomic E-state index is 12.8. The number of carbonyl (C=O) groups is 2. The van der Waals surface area contributed by atoms with Crippen molar-refractivity contribution in [3.63, 3.8) is 0 Å². The van der Waals surface area contributed by atoms with Gasteiger partial charge in [0.05, 0.1) is 11.7 Å². The predicted octanol–water partition coefficient (Wildman–Crippen LogP) is 2.49. The molecule has 1 aliphatic rings. The highest BCUT2D eigenvalue weighted by Gasteiger charge is 2.21. The van der Waals surface area contributed by atoms with Crippen molar-refractivity contribution in [1.29, 1.82) is 0 Å². The van der Waals surface area contributed by atoms with Crippen LogP contribution in [0.15, 0.2) is 11.1 Å². The van der Waals surface area contributed by atoms with Crippen molar-refractivity contribution < 1.29 is 14.7 Å². The number of aliphatic carboxylic acids is 1. The minimum absolute atomic E-state index is 0.0509. The molecule has 0 saturated carbocycles. The van der Waals surface area contributed by atoms with Gasteiger partial charge in [0, 0.05) is 17.8 Å². The highest BCUT2D eigenvalue weighted by molar-refractivity contribution is 7.18. The van der Waals surface area contributed by atoms with E-state index in [1.54, 1.807) is 11.3 Å². The average molecular weight is 391 g/mol. The van der Waals surface area contributed by atoms with Crippen LogP contribution in [0.5, 0.6) is 0 Å². The number of nitrogens with zero attached hydrogens (tertiary/aromatic N) is 2. The normalized spacial score (nSPS) is 14.7. The molecule has 0 radical (unpaired) electrons. The highest BCUT2D eigenvalue weighted by atomic mass is 32.1. The third kappa shape index (κ3) is 4.37. The summed E-state index contributed by atoms with van der Waals surface area (Å²) >= 11 is 1.60. The van der Waals surface area contributed by atoms with Crippen molar-refractivity contribution in [3.05, 3.63) is 27.1 Å². The molecule has 146 valence electrons. The molecule has 1 amide bonds. The number of aryl methyl sites for hydroxylation is 3. The Balaban J connectivity index is 1.70. The third-order valence-corrected chi connectivity index (χ3v) is 6.20. The maximum absolute atomic E-state index is 12.8. The van der Waals surface area contributed by atoms with Crippen molar-refractivity contribution >= 4 is 33.4 Å². The van der Waals surface area contributed by atoms with Crippen LogP contribution >= 0.6 is 11.3 Å². The summed E-state index contributed by atoms with van der Waals surface area (Å²) in [6.07, 6.45) is 7.71. The Morgan fingerprint density at radius 2 is 2.15 bits per heavy atom. The summed E-state index contributed by atoms with van der Waals surface area (Å²) in [4.78, 5) is 42.7. The number of carboxylic acids is 1. The maximum Gasteiger partial charge on any atom is 0.326 e. The molecule has 3 rings (SSSR count). The fraction of sp³-hybridized carbons (Fsp3) is 0.579. The molecular weight excluding hydrogens is 366 g/mol. The van der Waals surface area contributed by atoms with E-state index >= 15 is 0 Å². The number of aromatic nitrogens is 2. The number of fused-ring (bicyclic) bond motifs is 3. The lowest BCUT2D eigenvalue weighted by atomic mass is 9.97. The zero-order valence-electron chi connectivity index (χ0n) is 15.5. The number of amides is 1. The molecule has 7 nitrogen and oxygen atoms in total. The average Bonchev–Trinajstić information content (AvgIpc) is 3.03. The van der Waals surface area contributed by atoms with Gasteiger partial charge in [0.25, 0.3) is 5.56 Å². The Morgan fingerprint density at radius 3 is 2.89 bits per heavy atom. The second-order valence-electron chi connectivity index (χ2n) is 6.98. The standard InChI is InChI=1S/C19H25N3O4S/c1-2-3-7-13(19(25)26)21-15(23)9-10-22-11-20-17-16(18(22)24)12-6-4-5-8-14(12)27-17/h11,13H,2-10H2,1H3,(H,21,23)(H,25,26). The molecule has 0 aromatic carbocycles. The van der Waals surface area contributed by atoms with E-state index in [4.69, 9.17) is 0 Å². The molecule has 1 unspecified atom stereocenters. The van der Waals surface area contributed by atoms with Crippen LogP contribution in [0.3, 0.4) is 0 Å². The Hall–Kier alpha value is -2.22. The van der Waals surface area contributed by atoms with Gasteiger partial charge < -0.3 is 10.4 Å². The van der Waals surface area contributed by atoms with Gasteiger partial charge in [-0.3, -0.25) is 14.2 Å². The molecule has 0 saturated heterocycles. The van der Waals surface area contributed by atoms with Gasteiger partial charge in [-0.15, -0.1) is 11.3 Å². The Kier molecular flexibility index (Phi) is 6.26. The number of hydrogen-bond donors (Lipinski definition) is 2. The van der Waals surface area contributed by atoms with Crippen LogP contribution in [-0.2, 0) is 29.0 Å². The quantitative estimate of drug-likeness (QED) is 0.720. The summed E-state index contributed by atoms with van der Waals surface area (Å²) < 4.78 is 1.46. The smallest absolute Gasteiger partial charge is 0.326 e. The lowest BCUT2D eigenvalue weighted by Gasteiger charge is -2.14. The molecule has 0 aliphatic heterocycles. The van der Waals surface area contributed by atoms with Crippen LogP contribution < -0.4 is 10.9 Å². The van der Waals surface area contributed by atoms with Crippen molar-refractivity contribution in [2.24, 2.45) is 0 Å². The Morgan fingerprint density at radius 1 is 1.37 bits per heavy atom. The fourth-order valence-corrected chi connectivity index (χ4v) is 4.71. The second kappa shape index (κ2) is 8.65. The van der Waals surface area contributed by atoms with E-state index in [9.17, 15) is 19.5 Å². The summed E-state index contributed by atoms with van der Waals surface area (Å²) in [5, 5.41) is 12.5. The number of carbonyl (C=O) groups excluding carboxylic acids is 1. The van der Waals surface area contributed by atoms with E-state index in [0.29, 0.717) is 11.8 Å². The number of nitrogens with one attached hydrogen (secondary N) is 1. The van der Waals surface area contributed by atoms with Gasteiger partial charge in [0.2, 0.25) is 5.91 Å². The predicted molar refractivity (Wildman–Crippen MR) is 104 cm³/mol. The van der Waals surface area contributed by atoms with Crippen LogP contribution in [0.4, 0.5) is 0 Å². The zero-order valence-corrected chi connectivity index (χ0v) is 16.3. The van der Waals surface area contributed by atoms with E-state index in [0.717, 1.165) is 48.9 Å². The minimum Gasteiger partial charge on any atom is -0.480 e. The molecule has 2 N–H and O–H groups in total. The molecule has 8 heteroatoms. The van der Waals surface area contributed by atoms with E-state index in [1.807, 2.05) is 6.92 Å². The number of hydrogen-bond acceptors (Lipinski definition) is 5. The van der Waals surface area contributed by atoms with Crippen LogP contribution in [0.25, 0.3) is 10.2 Å². The lowest BCUT2D eigenvalue weighted by Crippen LogP contribution is -2.41. The van der Waals surface area contributed by atoms with Gasteiger partial charge >= 0.3 is 5.97 Å². The lowest BCUT2D eigenvalue weighted by molar-refractivity contribution is -0.142. The summed E-state index contributed by atoms with van der Waals surface area (Å²) in [6.45, 7) is 2.16. The topological polar surface area (TPSA) is 101 Å². The molecule has 0 fully saturated rings. The van der Waals surface area contributed by atoms with E-state index in [-0.39, 0.29) is 24.4 Å². The van der Waals surface area contributed by atoms with Crippen molar-refractivity contribution in [3.8, 4) is 0 Å². The van der Waals surface area contributed by atoms with Crippen molar-refractivity contribution in [2.45, 2.75) is 70.9 Å².